The number of benzene rings is 2. The number of hydrogen-bond donors (Lipinski definition) is 0. The molecular weight excluding hydrogens is 508 g/mol. The quantitative estimate of drug-likeness (QED) is 0.126. The summed E-state index contributed by atoms with van der Waals surface area (Å²) < 4.78 is 93.1. The molecule has 1 heterocycles. The van der Waals surface area contributed by atoms with Gasteiger partial charge in [-0.3, -0.25) is 19.4 Å². The molecule has 12 heteroatoms. The summed E-state index contributed by atoms with van der Waals surface area (Å²) in [5, 5.41) is -1.12. The Hall–Kier alpha value is -3.70. The number of alkyl halides is 6. The van der Waals surface area contributed by atoms with E-state index in [1.54, 1.807) is 0 Å². The number of ether oxygens (including phenoxy) is 2. The van der Waals surface area contributed by atoms with Gasteiger partial charge in [0.2, 0.25) is 0 Å². The molecule has 6 nitrogen and oxygen atoms in total. The van der Waals surface area contributed by atoms with Crippen LogP contribution in [0.15, 0.2) is 36.5 Å². The Morgan fingerprint density at radius 1 is 0.865 bits per heavy atom. The fourth-order valence-electron chi connectivity index (χ4n) is 4.07. The van der Waals surface area contributed by atoms with Gasteiger partial charge in [0.1, 0.15) is 0 Å². The van der Waals surface area contributed by atoms with Crippen molar-refractivity contribution in [2.24, 2.45) is 5.41 Å². The number of fused-ring (bicyclic) bond motifs is 3. The molecule has 0 saturated heterocycles. The van der Waals surface area contributed by atoms with Gasteiger partial charge in [-0.15, -0.1) is 0 Å². The van der Waals surface area contributed by atoms with Crippen LogP contribution in [0.4, 0.5) is 26.3 Å². The second kappa shape index (κ2) is 9.98. The van der Waals surface area contributed by atoms with Gasteiger partial charge in [0.15, 0.2) is 5.41 Å². The van der Waals surface area contributed by atoms with E-state index in [-0.39, 0.29) is 29.5 Å². The van der Waals surface area contributed by atoms with Crippen LogP contribution in [0.25, 0.3) is 21.7 Å². The fraction of sp³-hybridized carbons (Fsp3) is 0.360. The summed E-state index contributed by atoms with van der Waals surface area (Å²) in [5.41, 5.74) is -5.61. The molecule has 1 aromatic heterocycles. The van der Waals surface area contributed by atoms with Crippen molar-refractivity contribution in [3.63, 3.8) is 0 Å². The van der Waals surface area contributed by atoms with Crippen LogP contribution < -0.4 is 0 Å². The Labute approximate surface area is 206 Å². The highest BCUT2D eigenvalue weighted by atomic mass is 19.4. The third-order valence-corrected chi connectivity index (χ3v) is 5.74. The Morgan fingerprint density at radius 2 is 1.41 bits per heavy atom. The molecule has 0 spiro atoms. The van der Waals surface area contributed by atoms with Crippen molar-refractivity contribution in [2.45, 2.75) is 39.5 Å². The maximum atomic E-state index is 14.5. The summed E-state index contributed by atoms with van der Waals surface area (Å²) in [5.74, 6) is -4.62. The molecule has 198 valence electrons. The Bertz CT molecular complexity index is 1360. The molecule has 2 aromatic carbocycles. The van der Waals surface area contributed by atoms with E-state index >= 15 is 0 Å². The molecule has 3 rings (SSSR count). The monoisotopic (exact) mass is 529 g/mol. The minimum absolute atomic E-state index is 0.108. The van der Waals surface area contributed by atoms with Gasteiger partial charge in [0.25, 0.3) is 5.78 Å². The molecule has 0 bridgehead atoms. The number of hydrogen-bond acceptors (Lipinski definition) is 6. The van der Waals surface area contributed by atoms with Crippen LogP contribution in [0.3, 0.4) is 0 Å². The molecule has 0 amide bonds. The van der Waals surface area contributed by atoms with Crippen molar-refractivity contribution < 1.29 is 50.2 Å². The van der Waals surface area contributed by atoms with Crippen LogP contribution >= 0.6 is 0 Å². The molecule has 0 radical (unpaired) electrons. The lowest BCUT2D eigenvalue weighted by Gasteiger charge is -2.27. The van der Waals surface area contributed by atoms with Gasteiger partial charge in [0, 0.05) is 29.0 Å². The number of esters is 2. The zero-order valence-corrected chi connectivity index (χ0v) is 19.8. The fourth-order valence-corrected chi connectivity index (χ4v) is 4.07. The number of rotatable bonds is 7. The second-order valence-electron chi connectivity index (χ2n) is 8.30. The first-order valence-corrected chi connectivity index (χ1v) is 11.0. The smallest absolute Gasteiger partial charge is 0.454 e. The summed E-state index contributed by atoms with van der Waals surface area (Å²) in [6, 6.07) is 5.64. The highest BCUT2D eigenvalue weighted by Gasteiger charge is 2.47. The molecule has 0 aliphatic heterocycles. The topological polar surface area (TPSA) is 82.6 Å². The SMILES string of the molecule is CCOC(=O)C(C)(Cc1cnc2c(cc(C(=O)C(F)(F)F)c3ccccc32)c1C(F)(F)F)C(=O)OCC. The summed E-state index contributed by atoms with van der Waals surface area (Å²) in [6.45, 7) is 3.57. The van der Waals surface area contributed by atoms with Gasteiger partial charge in [-0.1, -0.05) is 24.3 Å². The third-order valence-electron chi connectivity index (χ3n) is 5.74. The van der Waals surface area contributed by atoms with E-state index < -0.39 is 64.0 Å². The molecule has 0 unspecified atom stereocenters. The van der Waals surface area contributed by atoms with Gasteiger partial charge in [-0.2, -0.15) is 26.3 Å². The number of ketones is 1. The normalized spacial score (nSPS) is 12.6. The van der Waals surface area contributed by atoms with E-state index in [0.717, 1.165) is 13.1 Å². The molecule has 0 aliphatic carbocycles. The van der Waals surface area contributed by atoms with Crippen LogP contribution in [0.5, 0.6) is 0 Å². The lowest BCUT2D eigenvalue weighted by Crippen LogP contribution is -2.41. The lowest BCUT2D eigenvalue weighted by molar-refractivity contribution is -0.171. The molecule has 0 saturated carbocycles. The zero-order valence-electron chi connectivity index (χ0n) is 19.8. The Kier molecular flexibility index (Phi) is 7.52. The van der Waals surface area contributed by atoms with Gasteiger partial charge in [0.05, 0.1) is 24.3 Å². The summed E-state index contributed by atoms with van der Waals surface area (Å²) >= 11 is 0. The van der Waals surface area contributed by atoms with Crippen molar-refractivity contribution in [1.82, 2.24) is 4.98 Å². The number of Topliss-reactive ketones (excluding diaryl/α,β-unsaturated/α-hetero) is 1. The van der Waals surface area contributed by atoms with Crippen LogP contribution in [-0.4, -0.2) is 42.1 Å². The van der Waals surface area contributed by atoms with E-state index in [4.69, 9.17) is 9.47 Å². The first-order valence-electron chi connectivity index (χ1n) is 11.0. The lowest BCUT2D eigenvalue weighted by atomic mass is 9.81. The number of pyridine rings is 1. The zero-order chi connectivity index (χ0) is 27.8. The summed E-state index contributed by atoms with van der Waals surface area (Å²) in [7, 11) is 0. The molecule has 3 aromatic rings. The Morgan fingerprint density at radius 3 is 1.89 bits per heavy atom. The second-order valence-corrected chi connectivity index (χ2v) is 8.30. The Balaban J connectivity index is 2.40. The number of carbonyl (C=O) groups excluding carboxylic acids is 3. The number of carbonyl (C=O) groups is 3. The van der Waals surface area contributed by atoms with Gasteiger partial charge in [-0.25, -0.2) is 0 Å². The largest absolute Gasteiger partial charge is 0.465 e. The minimum atomic E-state index is -5.35. The van der Waals surface area contributed by atoms with Crippen molar-refractivity contribution in [3.05, 3.63) is 53.2 Å². The number of halogens is 6. The van der Waals surface area contributed by atoms with Crippen molar-refractivity contribution in [1.29, 1.82) is 0 Å². The van der Waals surface area contributed by atoms with E-state index in [1.807, 2.05) is 0 Å². The van der Waals surface area contributed by atoms with E-state index in [1.165, 1.54) is 38.1 Å². The van der Waals surface area contributed by atoms with Crippen molar-refractivity contribution >= 4 is 39.4 Å². The maximum Gasteiger partial charge on any atom is 0.454 e. The predicted octanol–water partition coefficient (Wildman–Crippen LogP) is 5.83. The van der Waals surface area contributed by atoms with Crippen LogP contribution in [0.2, 0.25) is 0 Å². The highest BCUT2D eigenvalue weighted by molar-refractivity contribution is 6.18. The summed E-state index contributed by atoms with van der Waals surface area (Å²) in [4.78, 5) is 41.5. The first-order chi connectivity index (χ1) is 17.2. The molecule has 0 fully saturated rings. The molecule has 0 aliphatic rings. The maximum absolute atomic E-state index is 14.5. The average molecular weight is 529 g/mol. The van der Waals surface area contributed by atoms with E-state index in [9.17, 15) is 40.7 Å². The standard InChI is InChI=1S/C25H21F6NO5/c1-4-36-21(34)23(3,22(35)37-5-2)11-13-12-32-19-15-9-7-6-8-14(15)16(20(33)25(29,30)31)10-17(19)18(13)24(26,27)28/h6-10,12H,4-5,11H2,1-3H3. The predicted molar refractivity (Wildman–Crippen MR) is 120 cm³/mol. The summed E-state index contributed by atoms with van der Waals surface area (Å²) in [6.07, 6.45) is -10.6. The van der Waals surface area contributed by atoms with Gasteiger partial charge < -0.3 is 9.47 Å². The van der Waals surface area contributed by atoms with E-state index in [0.29, 0.717) is 6.07 Å². The van der Waals surface area contributed by atoms with Crippen LogP contribution in [0.1, 0.15) is 42.3 Å². The molecular formula is C25H21F6NO5. The first kappa shape index (κ1) is 27.9. The van der Waals surface area contributed by atoms with Gasteiger partial charge in [-0.05, 0) is 37.8 Å². The van der Waals surface area contributed by atoms with Crippen LogP contribution in [-0.2, 0) is 31.7 Å². The highest BCUT2D eigenvalue weighted by Crippen LogP contribution is 2.42. The van der Waals surface area contributed by atoms with Gasteiger partial charge >= 0.3 is 24.3 Å². The van der Waals surface area contributed by atoms with Crippen molar-refractivity contribution in [3.8, 4) is 0 Å². The average Bonchev–Trinajstić information content (AvgIpc) is 2.81. The number of aromatic nitrogens is 1. The molecule has 0 N–H and O–H groups in total. The number of nitrogens with zero attached hydrogens (tertiary/aromatic N) is 1. The van der Waals surface area contributed by atoms with E-state index in [2.05, 4.69) is 4.98 Å². The van der Waals surface area contributed by atoms with Crippen molar-refractivity contribution in [2.75, 3.05) is 13.2 Å². The third kappa shape index (κ3) is 5.23. The van der Waals surface area contributed by atoms with Crippen LogP contribution in [0, 0.1) is 5.41 Å². The minimum Gasteiger partial charge on any atom is -0.465 e. The molecule has 37 heavy (non-hydrogen) atoms. The molecule has 0 atom stereocenters.